The minimum absolute atomic E-state index is 0.0323. The van der Waals surface area contributed by atoms with Crippen LogP contribution in [0.4, 0.5) is 0 Å². The third kappa shape index (κ3) is 7.67. The van der Waals surface area contributed by atoms with E-state index < -0.39 is 36.9 Å². The summed E-state index contributed by atoms with van der Waals surface area (Å²) >= 11 is 0. The topological polar surface area (TPSA) is 61.8 Å². The summed E-state index contributed by atoms with van der Waals surface area (Å²) < 4.78 is 18.1. The highest BCUT2D eigenvalue weighted by Gasteiger charge is 2.45. The first kappa shape index (κ1) is 29.1. The smallest absolute Gasteiger partial charge is 0.359 e. The SMILES string of the molecule is CC(C)(C)[Si](C)(C)OC(=O)/C=C(\O[Si](C)(C)C(C)(C)C)C(=O)O[Si](C)(C)C(C)(C)C. The molecule has 0 spiro atoms. The van der Waals surface area contributed by atoms with Crippen LogP contribution < -0.4 is 0 Å². The molecule has 0 saturated carbocycles. The normalized spacial score (nSPS) is 15.0. The second-order valence-corrected chi connectivity index (χ2v) is 26.9. The van der Waals surface area contributed by atoms with E-state index in [0.29, 0.717) is 0 Å². The van der Waals surface area contributed by atoms with E-state index >= 15 is 0 Å². The Morgan fingerprint density at radius 2 is 0.867 bits per heavy atom. The van der Waals surface area contributed by atoms with Crippen molar-refractivity contribution in [2.45, 2.75) is 117 Å². The molecule has 0 aromatic carbocycles. The van der Waals surface area contributed by atoms with E-state index in [2.05, 4.69) is 62.3 Å². The molecule has 0 bridgehead atoms. The minimum atomic E-state index is -2.38. The van der Waals surface area contributed by atoms with Crippen LogP contribution in [-0.4, -0.2) is 36.9 Å². The van der Waals surface area contributed by atoms with Crippen LogP contribution in [0.2, 0.25) is 54.4 Å². The summed E-state index contributed by atoms with van der Waals surface area (Å²) in [5, 5.41) is -0.405. The second kappa shape index (κ2) is 8.94. The molecule has 0 unspecified atom stereocenters. The maximum Gasteiger partial charge on any atom is 0.359 e. The van der Waals surface area contributed by atoms with E-state index in [1.807, 2.05) is 39.3 Å². The van der Waals surface area contributed by atoms with Crippen molar-refractivity contribution in [1.29, 1.82) is 0 Å². The van der Waals surface area contributed by atoms with Crippen molar-refractivity contribution in [2.24, 2.45) is 0 Å². The molecule has 0 aliphatic carbocycles. The monoisotopic (exact) mass is 474 g/mol. The Bertz CT molecular complexity index is 672. The molecule has 5 nitrogen and oxygen atoms in total. The van der Waals surface area contributed by atoms with Crippen molar-refractivity contribution in [1.82, 2.24) is 0 Å². The van der Waals surface area contributed by atoms with Gasteiger partial charge in [0, 0.05) is 0 Å². The predicted molar refractivity (Wildman–Crippen MR) is 133 cm³/mol. The Labute approximate surface area is 188 Å². The largest absolute Gasteiger partial charge is 0.539 e. The second-order valence-electron chi connectivity index (χ2n) is 12.7. The summed E-state index contributed by atoms with van der Waals surface area (Å²) in [4.78, 5) is 25.9. The van der Waals surface area contributed by atoms with Gasteiger partial charge < -0.3 is 13.3 Å². The summed E-state index contributed by atoms with van der Waals surface area (Å²) in [5.74, 6) is -1.14. The number of hydrogen-bond acceptors (Lipinski definition) is 5. The molecule has 0 aliphatic rings. The fourth-order valence-electron chi connectivity index (χ4n) is 1.53. The lowest BCUT2D eigenvalue weighted by molar-refractivity contribution is -0.135. The lowest BCUT2D eigenvalue weighted by Crippen LogP contribution is -2.46. The molecule has 0 amide bonds. The predicted octanol–water partition coefficient (Wildman–Crippen LogP) is 6.99. The first-order valence-corrected chi connectivity index (χ1v) is 19.4. The van der Waals surface area contributed by atoms with Crippen LogP contribution in [0.15, 0.2) is 11.8 Å². The summed E-state index contributed by atoms with van der Waals surface area (Å²) in [5.41, 5.74) is 0. The van der Waals surface area contributed by atoms with E-state index in [1.54, 1.807) is 0 Å². The van der Waals surface area contributed by atoms with Crippen LogP contribution in [-0.2, 0) is 22.9 Å². The number of carbonyl (C=O) groups is 2. The fourth-order valence-corrected chi connectivity index (χ4v) is 4.27. The average molecular weight is 475 g/mol. The number of rotatable bonds is 6. The molecule has 0 saturated heterocycles. The molecule has 0 atom stereocenters. The first-order valence-electron chi connectivity index (χ1n) is 10.7. The summed E-state index contributed by atoms with van der Waals surface area (Å²) in [6, 6.07) is 0. The zero-order valence-corrected chi connectivity index (χ0v) is 25.1. The van der Waals surface area contributed by atoms with Gasteiger partial charge in [-0.25, -0.2) is 9.59 Å². The van der Waals surface area contributed by atoms with E-state index in [1.165, 1.54) is 6.08 Å². The van der Waals surface area contributed by atoms with E-state index in [0.717, 1.165) is 0 Å². The van der Waals surface area contributed by atoms with Crippen LogP contribution >= 0.6 is 0 Å². The lowest BCUT2D eigenvalue weighted by atomic mass is 10.2. The van der Waals surface area contributed by atoms with Gasteiger partial charge in [-0.05, 0) is 54.4 Å². The number of hydrogen-bond donors (Lipinski definition) is 0. The summed E-state index contributed by atoms with van der Waals surface area (Å²) in [6.07, 6.45) is 1.20. The third-order valence-electron chi connectivity index (χ3n) is 6.94. The van der Waals surface area contributed by atoms with Gasteiger partial charge in [0.15, 0.2) is 5.76 Å². The highest BCUT2D eigenvalue weighted by atomic mass is 28.4. The molecular weight excluding hydrogens is 428 g/mol. The van der Waals surface area contributed by atoms with Crippen molar-refractivity contribution in [3.8, 4) is 0 Å². The Morgan fingerprint density at radius 3 is 1.20 bits per heavy atom. The van der Waals surface area contributed by atoms with Crippen molar-refractivity contribution >= 4 is 36.9 Å². The van der Waals surface area contributed by atoms with Crippen molar-refractivity contribution in [2.75, 3.05) is 0 Å². The van der Waals surface area contributed by atoms with E-state index in [4.69, 9.17) is 13.3 Å². The minimum Gasteiger partial charge on any atom is -0.539 e. The van der Waals surface area contributed by atoms with Gasteiger partial charge in [0.1, 0.15) is 0 Å². The maximum atomic E-state index is 13.2. The molecule has 0 N–H and O–H groups in total. The number of carbonyl (C=O) groups excluding carboxylic acids is 2. The zero-order chi connectivity index (χ0) is 24.6. The van der Waals surface area contributed by atoms with Gasteiger partial charge >= 0.3 is 11.9 Å². The molecule has 0 fully saturated rings. The van der Waals surface area contributed by atoms with Crippen molar-refractivity contribution in [3.63, 3.8) is 0 Å². The molecule has 30 heavy (non-hydrogen) atoms. The molecule has 0 heterocycles. The van der Waals surface area contributed by atoms with Gasteiger partial charge in [0.05, 0.1) is 6.08 Å². The molecule has 176 valence electrons. The van der Waals surface area contributed by atoms with Crippen LogP contribution in [0.5, 0.6) is 0 Å². The maximum absolute atomic E-state index is 13.2. The van der Waals surface area contributed by atoms with Gasteiger partial charge in [-0.1, -0.05) is 62.3 Å². The Morgan fingerprint density at radius 1 is 0.567 bits per heavy atom. The molecule has 0 rings (SSSR count). The Balaban J connectivity index is 6.06. The van der Waals surface area contributed by atoms with Crippen LogP contribution in [0.3, 0.4) is 0 Å². The molecular formula is C22H46O5Si3. The summed E-state index contributed by atoms with van der Waals surface area (Å²) in [6.45, 7) is 30.7. The highest BCUT2D eigenvalue weighted by molar-refractivity contribution is 6.76. The third-order valence-corrected chi connectivity index (χ3v) is 19.9. The fraction of sp³-hybridized carbons (Fsp3) is 0.818. The van der Waals surface area contributed by atoms with E-state index in [-0.39, 0.29) is 20.9 Å². The zero-order valence-electron chi connectivity index (χ0n) is 22.1. The van der Waals surface area contributed by atoms with Gasteiger partial charge in [-0.15, -0.1) is 0 Å². The van der Waals surface area contributed by atoms with Gasteiger partial charge in [-0.2, -0.15) is 0 Å². The molecule has 0 aromatic rings. The molecule has 8 heteroatoms. The Kier molecular flexibility index (Phi) is 8.68. The van der Waals surface area contributed by atoms with Crippen molar-refractivity contribution in [3.05, 3.63) is 11.8 Å². The van der Waals surface area contributed by atoms with Crippen LogP contribution in [0.1, 0.15) is 62.3 Å². The summed E-state index contributed by atoms with van der Waals surface area (Å²) in [7, 11) is -7.07. The van der Waals surface area contributed by atoms with Gasteiger partial charge in [0.2, 0.25) is 0 Å². The van der Waals surface area contributed by atoms with E-state index in [9.17, 15) is 9.59 Å². The quantitative estimate of drug-likeness (QED) is 0.236. The van der Waals surface area contributed by atoms with Gasteiger partial charge in [-0.3, -0.25) is 0 Å². The molecule has 0 aromatic heterocycles. The average Bonchev–Trinajstić information content (AvgIpc) is 2.41. The lowest BCUT2D eigenvalue weighted by Gasteiger charge is -2.39. The highest BCUT2D eigenvalue weighted by Crippen LogP contribution is 2.40. The molecule has 0 aliphatic heterocycles. The Hall–Kier alpha value is -0.869. The standard InChI is InChI=1S/C22H46O5Si3/c1-20(2,3)28(10,11)25-17(19(24)27-30(14,15)22(7,8)9)16-18(23)26-29(12,13)21(4,5)6/h16H,1-15H3/b17-16-. The van der Waals surface area contributed by atoms with Gasteiger partial charge in [0.25, 0.3) is 25.0 Å². The van der Waals surface area contributed by atoms with Crippen molar-refractivity contribution < 1.29 is 22.9 Å². The first-order chi connectivity index (χ1) is 12.8. The van der Waals surface area contributed by atoms with Crippen LogP contribution in [0.25, 0.3) is 0 Å². The van der Waals surface area contributed by atoms with Crippen LogP contribution in [0, 0.1) is 0 Å². The molecule has 0 radical (unpaired) electrons.